The van der Waals surface area contributed by atoms with Crippen molar-refractivity contribution in [3.8, 4) is 0 Å². The van der Waals surface area contributed by atoms with Crippen LogP contribution < -0.4 is 9.62 Å². The van der Waals surface area contributed by atoms with Crippen LogP contribution in [-0.2, 0) is 10.0 Å². The first kappa shape index (κ1) is 18.0. The summed E-state index contributed by atoms with van der Waals surface area (Å²) in [5.74, 6) is -0.544. The van der Waals surface area contributed by atoms with Crippen LogP contribution in [0.4, 0.5) is 5.69 Å². The molecule has 0 saturated carbocycles. The van der Waals surface area contributed by atoms with Crippen molar-refractivity contribution in [1.29, 1.82) is 0 Å². The molecule has 128 valence electrons. The van der Waals surface area contributed by atoms with Crippen LogP contribution in [-0.4, -0.2) is 39.1 Å². The van der Waals surface area contributed by atoms with Gasteiger partial charge in [0.1, 0.15) is 4.90 Å². The van der Waals surface area contributed by atoms with Gasteiger partial charge in [-0.15, -0.1) is 0 Å². The minimum Gasteiger partial charge on any atom is -0.394 e. The first-order valence-electron chi connectivity index (χ1n) is 7.42. The second kappa shape index (κ2) is 7.46. The number of sulfonamides is 1. The number of nitrogens with one attached hydrogen (secondary N) is 1. The highest BCUT2D eigenvalue weighted by molar-refractivity contribution is 7.92. The van der Waals surface area contributed by atoms with Gasteiger partial charge in [-0.1, -0.05) is 30.3 Å². The minimum atomic E-state index is -3.90. The van der Waals surface area contributed by atoms with E-state index in [1.807, 2.05) is 0 Å². The lowest BCUT2D eigenvalue weighted by atomic mass is 10.2. The Morgan fingerprint density at radius 2 is 1.71 bits per heavy atom. The van der Waals surface area contributed by atoms with Crippen molar-refractivity contribution in [2.24, 2.45) is 0 Å². The van der Waals surface area contributed by atoms with Crippen molar-refractivity contribution in [2.75, 3.05) is 18.0 Å². The Kier molecular flexibility index (Phi) is 5.58. The van der Waals surface area contributed by atoms with E-state index in [4.69, 9.17) is 5.11 Å². The fourth-order valence-corrected chi connectivity index (χ4v) is 3.53. The van der Waals surface area contributed by atoms with Crippen LogP contribution in [0.15, 0.2) is 59.5 Å². The number of anilines is 1. The van der Waals surface area contributed by atoms with Gasteiger partial charge in [-0.25, -0.2) is 8.42 Å². The van der Waals surface area contributed by atoms with Gasteiger partial charge in [0.2, 0.25) is 0 Å². The number of hydrogen-bond acceptors (Lipinski definition) is 4. The van der Waals surface area contributed by atoms with Gasteiger partial charge in [0.25, 0.3) is 15.9 Å². The van der Waals surface area contributed by atoms with Crippen molar-refractivity contribution in [3.05, 3.63) is 60.2 Å². The molecule has 6 nitrogen and oxygen atoms in total. The highest BCUT2D eigenvalue weighted by Crippen LogP contribution is 2.24. The Balaban J connectivity index is 2.43. The lowest BCUT2D eigenvalue weighted by Gasteiger charge is -2.21. The van der Waals surface area contributed by atoms with Crippen LogP contribution in [0.1, 0.15) is 17.3 Å². The third kappa shape index (κ3) is 3.74. The molecule has 0 bridgehead atoms. The molecule has 1 atom stereocenters. The number of amides is 1. The van der Waals surface area contributed by atoms with Crippen LogP contribution in [0.25, 0.3) is 0 Å². The molecule has 0 heterocycles. The van der Waals surface area contributed by atoms with E-state index in [0.29, 0.717) is 5.69 Å². The number of aliphatic hydroxyl groups excluding tert-OH is 1. The molecule has 0 unspecified atom stereocenters. The average Bonchev–Trinajstić information content (AvgIpc) is 2.61. The summed E-state index contributed by atoms with van der Waals surface area (Å²) in [6.07, 6.45) is 0. The van der Waals surface area contributed by atoms with E-state index < -0.39 is 22.0 Å². The maximum atomic E-state index is 12.9. The summed E-state index contributed by atoms with van der Waals surface area (Å²) in [5.41, 5.74) is 0.539. The summed E-state index contributed by atoms with van der Waals surface area (Å²) in [5, 5.41) is 11.6. The van der Waals surface area contributed by atoms with Gasteiger partial charge in [-0.2, -0.15) is 0 Å². The summed E-state index contributed by atoms with van der Waals surface area (Å²) < 4.78 is 27.0. The zero-order chi connectivity index (χ0) is 17.7. The Bertz CT molecular complexity index is 806. The predicted molar refractivity (Wildman–Crippen MR) is 92.5 cm³/mol. The van der Waals surface area contributed by atoms with Crippen LogP contribution in [0.5, 0.6) is 0 Å². The van der Waals surface area contributed by atoms with Gasteiger partial charge in [-0.3, -0.25) is 9.10 Å². The molecule has 2 N–H and O–H groups in total. The molecule has 0 spiro atoms. The molecule has 0 aliphatic carbocycles. The molecule has 0 aromatic heterocycles. The molecular formula is C17H20N2O4S. The van der Waals surface area contributed by atoms with Gasteiger partial charge in [-0.05, 0) is 31.2 Å². The molecule has 0 fully saturated rings. The third-order valence-electron chi connectivity index (χ3n) is 3.54. The van der Waals surface area contributed by atoms with Crippen molar-refractivity contribution < 1.29 is 18.3 Å². The molecule has 0 aliphatic heterocycles. The summed E-state index contributed by atoms with van der Waals surface area (Å²) in [7, 11) is -2.46. The summed E-state index contributed by atoms with van der Waals surface area (Å²) in [6, 6.07) is 14.2. The van der Waals surface area contributed by atoms with Crippen molar-refractivity contribution >= 4 is 21.6 Å². The Hall–Kier alpha value is -2.38. The van der Waals surface area contributed by atoms with Gasteiger partial charge in [0.05, 0.1) is 17.9 Å². The van der Waals surface area contributed by atoms with Crippen LogP contribution in [0.3, 0.4) is 0 Å². The van der Waals surface area contributed by atoms with Crippen LogP contribution in [0.2, 0.25) is 0 Å². The number of hydrogen-bond donors (Lipinski definition) is 2. The van der Waals surface area contributed by atoms with E-state index in [9.17, 15) is 13.2 Å². The normalized spacial score (nSPS) is 12.5. The number of para-hydroxylation sites is 1. The fraction of sp³-hybridized carbons (Fsp3) is 0.235. The summed E-state index contributed by atoms with van der Waals surface area (Å²) >= 11 is 0. The zero-order valence-electron chi connectivity index (χ0n) is 13.5. The second-order valence-electron chi connectivity index (χ2n) is 5.36. The average molecular weight is 348 g/mol. The molecule has 7 heteroatoms. The van der Waals surface area contributed by atoms with Crippen LogP contribution in [0, 0.1) is 0 Å². The molecule has 2 rings (SSSR count). The van der Waals surface area contributed by atoms with Gasteiger partial charge < -0.3 is 10.4 Å². The molecule has 1 amide bonds. The molecule has 0 radical (unpaired) electrons. The molecule has 24 heavy (non-hydrogen) atoms. The smallest absolute Gasteiger partial charge is 0.264 e. The molecule has 0 saturated heterocycles. The van der Waals surface area contributed by atoms with Crippen molar-refractivity contribution in [2.45, 2.75) is 17.9 Å². The minimum absolute atomic E-state index is 0.0422. The van der Waals surface area contributed by atoms with Crippen molar-refractivity contribution in [1.82, 2.24) is 5.32 Å². The fourth-order valence-electron chi connectivity index (χ4n) is 2.15. The van der Waals surface area contributed by atoms with E-state index in [0.717, 1.165) is 4.31 Å². The van der Waals surface area contributed by atoms with Crippen molar-refractivity contribution in [3.63, 3.8) is 0 Å². The topological polar surface area (TPSA) is 86.7 Å². The quantitative estimate of drug-likeness (QED) is 0.830. The number of carbonyl (C=O) groups is 1. The highest BCUT2D eigenvalue weighted by atomic mass is 32.2. The number of aliphatic hydroxyl groups is 1. The maximum absolute atomic E-state index is 12.9. The largest absolute Gasteiger partial charge is 0.394 e. The van der Waals surface area contributed by atoms with E-state index in [2.05, 4.69) is 5.32 Å². The van der Waals surface area contributed by atoms with Gasteiger partial charge in [0.15, 0.2) is 0 Å². The number of nitrogens with zero attached hydrogens (tertiary/aromatic N) is 1. The van der Waals surface area contributed by atoms with E-state index >= 15 is 0 Å². The molecule has 2 aromatic rings. The number of benzene rings is 2. The lowest BCUT2D eigenvalue weighted by molar-refractivity contribution is 0.0919. The first-order chi connectivity index (χ1) is 11.4. The summed E-state index contributed by atoms with van der Waals surface area (Å²) in [6.45, 7) is 1.40. The zero-order valence-corrected chi connectivity index (χ0v) is 14.3. The standard InChI is InChI=1S/C17H20N2O4S/c1-13(12-20)18-17(21)15-10-6-7-11-16(15)24(22,23)19(2)14-8-4-3-5-9-14/h3-11,13,20H,12H2,1-2H3,(H,18,21)/t13-/m1/s1. The lowest BCUT2D eigenvalue weighted by Crippen LogP contribution is -2.36. The summed E-state index contributed by atoms with van der Waals surface area (Å²) in [4.78, 5) is 12.3. The third-order valence-corrected chi connectivity index (χ3v) is 5.38. The monoisotopic (exact) mass is 348 g/mol. The van der Waals surface area contributed by atoms with Crippen LogP contribution >= 0.6 is 0 Å². The highest BCUT2D eigenvalue weighted by Gasteiger charge is 2.27. The van der Waals surface area contributed by atoms with Gasteiger partial charge in [0, 0.05) is 13.1 Å². The Morgan fingerprint density at radius 3 is 2.33 bits per heavy atom. The Labute approximate surface area is 141 Å². The number of rotatable bonds is 6. The second-order valence-corrected chi connectivity index (χ2v) is 7.30. The van der Waals surface area contributed by atoms with E-state index in [-0.39, 0.29) is 17.1 Å². The van der Waals surface area contributed by atoms with Gasteiger partial charge >= 0.3 is 0 Å². The predicted octanol–water partition coefficient (Wildman–Crippen LogP) is 1.62. The Morgan fingerprint density at radius 1 is 1.12 bits per heavy atom. The first-order valence-corrected chi connectivity index (χ1v) is 8.86. The maximum Gasteiger partial charge on any atom is 0.264 e. The molecular weight excluding hydrogens is 328 g/mol. The number of carbonyl (C=O) groups excluding carboxylic acids is 1. The SMILES string of the molecule is C[C@H](CO)NC(=O)c1ccccc1S(=O)(=O)N(C)c1ccccc1. The van der Waals surface area contributed by atoms with E-state index in [1.54, 1.807) is 49.4 Å². The molecule has 2 aromatic carbocycles. The van der Waals surface area contributed by atoms with E-state index in [1.165, 1.54) is 19.2 Å². The molecule has 0 aliphatic rings.